The van der Waals surface area contributed by atoms with Gasteiger partial charge in [0.1, 0.15) is 5.54 Å². The highest BCUT2D eigenvalue weighted by Crippen LogP contribution is 2.57. The summed E-state index contributed by atoms with van der Waals surface area (Å²) in [6.07, 6.45) is 1.59. The average molecular weight is 533 g/mol. The van der Waals surface area contributed by atoms with Crippen LogP contribution in [-0.2, 0) is 25.8 Å². The SMILES string of the molecule is CS(=O)NCCN(C1(C(=O)O)CC1c1ccccc1)S(=O)(=O)c1ccc(-c2ccc(Cl)cc2)cc1. The van der Waals surface area contributed by atoms with Crippen LogP contribution in [0, 0.1) is 0 Å². The van der Waals surface area contributed by atoms with E-state index in [1.54, 1.807) is 48.5 Å². The van der Waals surface area contributed by atoms with Crippen LogP contribution in [0.4, 0.5) is 0 Å². The van der Waals surface area contributed by atoms with Crippen LogP contribution in [0.2, 0.25) is 5.02 Å². The zero-order chi connectivity index (χ0) is 25.2. The van der Waals surface area contributed by atoms with Gasteiger partial charge in [0.25, 0.3) is 0 Å². The summed E-state index contributed by atoms with van der Waals surface area (Å²) in [4.78, 5) is 12.5. The summed E-state index contributed by atoms with van der Waals surface area (Å²) in [5.74, 6) is -1.69. The number of nitrogens with one attached hydrogen (secondary N) is 1. The number of benzene rings is 3. The van der Waals surface area contributed by atoms with E-state index in [0.717, 1.165) is 21.0 Å². The Bertz CT molecular complexity index is 1330. The minimum Gasteiger partial charge on any atom is -0.480 e. The fourth-order valence-corrected chi connectivity index (χ4v) is 6.64. The van der Waals surface area contributed by atoms with Gasteiger partial charge in [-0.3, -0.25) is 4.79 Å². The Balaban J connectivity index is 1.70. The van der Waals surface area contributed by atoms with E-state index in [4.69, 9.17) is 11.6 Å². The van der Waals surface area contributed by atoms with Crippen molar-refractivity contribution in [2.45, 2.75) is 22.8 Å². The largest absolute Gasteiger partial charge is 0.480 e. The van der Waals surface area contributed by atoms with E-state index in [-0.39, 0.29) is 24.4 Å². The second-order valence-electron chi connectivity index (χ2n) is 8.35. The highest BCUT2D eigenvalue weighted by Gasteiger charge is 2.67. The smallest absolute Gasteiger partial charge is 0.325 e. The molecule has 7 nitrogen and oxygen atoms in total. The highest BCUT2D eigenvalue weighted by atomic mass is 35.5. The summed E-state index contributed by atoms with van der Waals surface area (Å²) in [5.41, 5.74) is 0.821. The average Bonchev–Trinajstić information content (AvgIpc) is 3.59. The molecule has 0 amide bonds. The molecule has 3 aromatic rings. The molecular weight excluding hydrogens is 508 g/mol. The van der Waals surface area contributed by atoms with Gasteiger partial charge in [0.05, 0.1) is 15.9 Å². The quantitative estimate of drug-likeness (QED) is 0.412. The monoisotopic (exact) mass is 532 g/mol. The summed E-state index contributed by atoms with van der Waals surface area (Å²) in [6, 6.07) is 22.5. The van der Waals surface area contributed by atoms with Crippen molar-refractivity contribution in [2.75, 3.05) is 19.3 Å². The van der Waals surface area contributed by atoms with Crippen molar-refractivity contribution >= 4 is 38.6 Å². The highest BCUT2D eigenvalue weighted by molar-refractivity contribution is 7.89. The number of aliphatic carboxylic acids is 1. The number of rotatable bonds is 10. The number of carbonyl (C=O) groups is 1. The second kappa shape index (κ2) is 10.2. The lowest BCUT2D eigenvalue weighted by atomic mass is 10.1. The second-order valence-corrected chi connectivity index (χ2v) is 11.8. The van der Waals surface area contributed by atoms with Crippen molar-refractivity contribution in [3.8, 4) is 11.1 Å². The van der Waals surface area contributed by atoms with Crippen LogP contribution in [0.1, 0.15) is 17.9 Å². The number of carboxylic acids is 1. The van der Waals surface area contributed by atoms with Gasteiger partial charge < -0.3 is 5.11 Å². The van der Waals surface area contributed by atoms with E-state index in [1.165, 1.54) is 18.4 Å². The van der Waals surface area contributed by atoms with Gasteiger partial charge in [-0.05, 0) is 47.4 Å². The first-order valence-corrected chi connectivity index (χ1v) is 14.3. The molecule has 0 heterocycles. The third-order valence-electron chi connectivity index (χ3n) is 6.19. The van der Waals surface area contributed by atoms with Gasteiger partial charge in [-0.2, -0.15) is 4.31 Å². The number of nitrogens with zero attached hydrogens (tertiary/aromatic N) is 1. The molecule has 1 aliphatic carbocycles. The molecule has 10 heteroatoms. The summed E-state index contributed by atoms with van der Waals surface area (Å²) < 4.78 is 42.9. The lowest BCUT2D eigenvalue weighted by Gasteiger charge is -2.29. The van der Waals surface area contributed by atoms with E-state index in [9.17, 15) is 22.5 Å². The first-order chi connectivity index (χ1) is 16.7. The molecule has 0 saturated heterocycles. The number of hydrogen-bond acceptors (Lipinski definition) is 4. The molecule has 0 bridgehead atoms. The molecule has 0 radical (unpaired) electrons. The molecule has 0 aliphatic heterocycles. The molecule has 3 atom stereocenters. The van der Waals surface area contributed by atoms with Gasteiger partial charge in [-0.15, -0.1) is 0 Å². The summed E-state index contributed by atoms with van der Waals surface area (Å²) in [5, 5.41) is 10.8. The molecule has 2 N–H and O–H groups in total. The van der Waals surface area contributed by atoms with Gasteiger partial charge in [0, 0.05) is 30.3 Å². The molecule has 4 rings (SSSR count). The maximum atomic E-state index is 13.8. The Labute approximate surface area is 212 Å². The Morgan fingerprint density at radius 1 is 1.06 bits per heavy atom. The number of hydrogen-bond donors (Lipinski definition) is 2. The van der Waals surface area contributed by atoms with Crippen LogP contribution >= 0.6 is 11.6 Å². The van der Waals surface area contributed by atoms with Gasteiger partial charge in [0.2, 0.25) is 10.0 Å². The minimum absolute atomic E-state index is 0.00725. The maximum Gasteiger partial charge on any atom is 0.325 e. The van der Waals surface area contributed by atoms with Crippen LogP contribution in [0.15, 0.2) is 83.8 Å². The Morgan fingerprint density at radius 2 is 1.63 bits per heavy atom. The van der Waals surface area contributed by atoms with Gasteiger partial charge in [-0.1, -0.05) is 66.2 Å². The lowest BCUT2D eigenvalue weighted by molar-refractivity contribution is -0.143. The topological polar surface area (TPSA) is 104 Å². The zero-order valence-corrected chi connectivity index (χ0v) is 21.3. The maximum absolute atomic E-state index is 13.8. The molecule has 0 aromatic heterocycles. The first-order valence-electron chi connectivity index (χ1n) is 10.9. The van der Waals surface area contributed by atoms with E-state index in [2.05, 4.69) is 4.72 Å². The minimum atomic E-state index is -4.19. The molecule has 0 spiro atoms. The van der Waals surface area contributed by atoms with E-state index in [0.29, 0.717) is 5.02 Å². The molecule has 1 fully saturated rings. The van der Waals surface area contributed by atoms with Crippen molar-refractivity contribution in [1.82, 2.24) is 9.03 Å². The van der Waals surface area contributed by atoms with Crippen LogP contribution in [0.3, 0.4) is 0 Å². The standard InChI is InChI=1S/C25H25ClN2O5S2/c1-34(31)27-15-16-28(25(24(29)30)17-23(25)20-5-3-2-4-6-20)35(32,33)22-13-9-19(10-14-22)18-7-11-21(26)12-8-18/h2-14,23,27H,15-17H2,1H3,(H,29,30). The van der Waals surface area contributed by atoms with Crippen molar-refractivity contribution in [2.24, 2.45) is 0 Å². The molecule has 35 heavy (non-hydrogen) atoms. The van der Waals surface area contributed by atoms with E-state index < -0.39 is 38.4 Å². The fourth-order valence-electron chi connectivity index (χ4n) is 4.36. The van der Waals surface area contributed by atoms with Gasteiger partial charge in [0.15, 0.2) is 0 Å². The molecule has 3 aromatic carbocycles. The Kier molecular flexibility index (Phi) is 7.44. The van der Waals surface area contributed by atoms with Crippen molar-refractivity contribution in [3.05, 3.63) is 89.4 Å². The third kappa shape index (κ3) is 5.19. The number of carboxylic acid groups (broad SMARTS) is 1. The normalized spacial score (nSPS) is 20.5. The third-order valence-corrected chi connectivity index (χ3v) is 9.01. The Hall–Kier alpha value is -2.56. The fraction of sp³-hybridized carbons (Fsp3) is 0.240. The molecule has 1 saturated carbocycles. The molecular formula is C25H25ClN2O5S2. The molecule has 184 valence electrons. The van der Waals surface area contributed by atoms with Gasteiger partial charge in [-0.25, -0.2) is 17.3 Å². The molecule has 3 unspecified atom stereocenters. The van der Waals surface area contributed by atoms with Crippen molar-refractivity contribution in [3.63, 3.8) is 0 Å². The predicted octanol–water partition coefficient (Wildman–Crippen LogP) is 3.89. The van der Waals surface area contributed by atoms with Crippen LogP contribution in [0.25, 0.3) is 11.1 Å². The van der Waals surface area contributed by atoms with Crippen LogP contribution < -0.4 is 4.72 Å². The number of sulfonamides is 1. The lowest BCUT2D eigenvalue weighted by Crippen LogP contribution is -2.50. The van der Waals surface area contributed by atoms with Crippen molar-refractivity contribution < 1.29 is 22.5 Å². The van der Waals surface area contributed by atoms with Crippen molar-refractivity contribution in [1.29, 1.82) is 0 Å². The summed E-state index contributed by atoms with van der Waals surface area (Å²) in [7, 11) is -5.56. The summed E-state index contributed by atoms with van der Waals surface area (Å²) >= 11 is 5.95. The van der Waals surface area contributed by atoms with E-state index >= 15 is 0 Å². The zero-order valence-electron chi connectivity index (χ0n) is 18.9. The van der Waals surface area contributed by atoms with Gasteiger partial charge >= 0.3 is 5.97 Å². The first kappa shape index (κ1) is 25.5. The van der Waals surface area contributed by atoms with E-state index in [1.807, 2.05) is 18.2 Å². The predicted molar refractivity (Wildman–Crippen MR) is 137 cm³/mol. The van der Waals surface area contributed by atoms with Crippen LogP contribution in [0.5, 0.6) is 0 Å². The Morgan fingerprint density at radius 3 is 2.17 bits per heavy atom. The summed E-state index contributed by atoms with van der Waals surface area (Å²) in [6.45, 7) is -0.0990. The molecule has 1 aliphatic rings. The van der Waals surface area contributed by atoms with Crippen LogP contribution in [-0.4, -0.2) is 52.9 Å². The number of halogens is 1.